The largest absolute Gasteiger partial charge is 0.449 e. The lowest BCUT2D eigenvalue weighted by molar-refractivity contribution is 0.130. The molecule has 0 aliphatic carbocycles. The van der Waals surface area contributed by atoms with Crippen LogP contribution in [0.3, 0.4) is 0 Å². The summed E-state index contributed by atoms with van der Waals surface area (Å²) < 4.78 is 5.01. The van der Waals surface area contributed by atoms with Crippen molar-refractivity contribution >= 4 is 23.4 Å². The SMILES string of the molecule is NCC1CCOC(=O)N1c1ccc(Cl)cc1. The predicted molar refractivity (Wildman–Crippen MR) is 62.7 cm³/mol. The van der Waals surface area contributed by atoms with Crippen molar-refractivity contribution in [3.8, 4) is 0 Å². The lowest BCUT2D eigenvalue weighted by Gasteiger charge is -2.34. The Morgan fingerprint density at radius 3 is 2.75 bits per heavy atom. The standard InChI is InChI=1S/C11H13ClN2O2/c12-8-1-3-9(4-2-8)14-10(7-13)5-6-16-11(14)15/h1-4,10H,5-7,13H2. The summed E-state index contributed by atoms with van der Waals surface area (Å²) in [6.45, 7) is 0.864. The van der Waals surface area contributed by atoms with E-state index in [1.807, 2.05) is 0 Å². The van der Waals surface area contributed by atoms with E-state index in [1.165, 1.54) is 0 Å². The lowest BCUT2D eigenvalue weighted by Crippen LogP contribution is -2.49. The van der Waals surface area contributed by atoms with Gasteiger partial charge < -0.3 is 10.5 Å². The molecule has 1 saturated heterocycles. The van der Waals surface area contributed by atoms with Crippen LogP contribution < -0.4 is 10.6 Å². The van der Waals surface area contributed by atoms with Crippen LogP contribution in [0.4, 0.5) is 10.5 Å². The molecule has 1 aliphatic rings. The summed E-state index contributed by atoms with van der Waals surface area (Å²) in [5.74, 6) is 0. The molecule has 2 rings (SSSR count). The van der Waals surface area contributed by atoms with Gasteiger partial charge >= 0.3 is 6.09 Å². The van der Waals surface area contributed by atoms with E-state index in [0.29, 0.717) is 18.2 Å². The average Bonchev–Trinajstić information content (AvgIpc) is 2.30. The number of anilines is 1. The molecule has 16 heavy (non-hydrogen) atoms. The fourth-order valence-electron chi connectivity index (χ4n) is 1.77. The van der Waals surface area contributed by atoms with E-state index in [-0.39, 0.29) is 12.1 Å². The van der Waals surface area contributed by atoms with Gasteiger partial charge in [-0.15, -0.1) is 0 Å². The van der Waals surface area contributed by atoms with Gasteiger partial charge in [-0.2, -0.15) is 0 Å². The molecular weight excluding hydrogens is 228 g/mol. The van der Waals surface area contributed by atoms with E-state index >= 15 is 0 Å². The summed E-state index contributed by atoms with van der Waals surface area (Å²) in [6, 6.07) is 7.07. The van der Waals surface area contributed by atoms with Crippen molar-refractivity contribution in [2.75, 3.05) is 18.1 Å². The van der Waals surface area contributed by atoms with Gasteiger partial charge in [0, 0.05) is 23.7 Å². The van der Waals surface area contributed by atoms with Crippen LogP contribution in [0.15, 0.2) is 24.3 Å². The maximum atomic E-state index is 11.7. The summed E-state index contributed by atoms with van der Waals surface area (Å²) in [5, 5.41) is 0.637. The molecule has 5 heteroatoms. The van der Waals surface area contributed by atoms with Gasteiger partial charge in [-0.3, -0.25) is 4.90 Å². The van der Waals surface area contributed by atoms with Crippen LogP contribution in [-0.2, 0) is 4.74 Å². The second-order valence-electron chi connectivity index (χ2n) is 3.64. The van der Waals surface area contributed by atoms with Crippen LogP contribution in [0.5, 0.6) is 0 Å². The van der Waals surface area contributed by atoms with E-state index < -0.39 is 0 Å². The molecule has 1 aliphatic heterocycles. The molecule has 0 aromatic heterocycles. The number of carbonyl (C=O) groups is 1. The first kappa shape index (κ1) is 11.2. The van der Waals surface area contributed by atoms with E-state index in [9.17, 15) is 4.79 Å². The Morgan fingerprint density at radius 2 is 2.12 bits per heavy atom. The minimum atomic E-state index is -0.343. The van der Waals surface area contributed by atoms with Gasteiger partial charge in [-0.1, -0.05) is 11.6 Å². The van der Waals surface area contributed by atoms with Crippen molar-refractivity contribution < 1.29 is 9.53 Å². The van der Waals surface area contributed by atoms with E-state index in [2.05, 4.69) is 0 Å². The minimum Gasteiger partial charge on any atom is -0.449 e. The Kier molecular flexibility index (Phi) is 3.31. The van der Waals surface area contributed by atoms with Crippen LogP contribution >= 0.6 is 11.6 Å². The van der Waals surface area contributed by atoms with Gasteiger partial charge in [0.05, 0.1) is 12.6 Å². The molecule has 0 bridgehead atoms. The highest BCUT2D eigenvalue weighted by molar-refractivity contribution is 6.30. The normalized spacial score (nSPS) is 20.8. The minimum absolute atomic E-state index is 0.00225. The van der Waals surface area contributed by atoms with Crippen molar-refractivity contribution in [3.05, 3.63) is 29.3 Å². The molecule has 2 N–H and O–H groups in total. The Labute approximate surface area is 98.9 Å². The molecule has 1 heterocycles. The predicted octanol–water partition coefficient (Wildman–Crippen LogP) is 2.01. The van der Waals surface area contributed by atoms with E-state index in [4.69, 9.17) is 22.1 Å². The highest BCUT2D eigenvalue weighted by Gasteiger charge is 2.29. The maximum Gasteiger partial charge on any atom is 0.414 e. The topological polar surface area (TPSA) is 55.6 Å². The van der Waals surface area contributed by atoms with Crippen molar-refractivity contribution in [2.24, 2.45) is 5.73 Å². The molecule has 1 aromatic carbocycles. The zero-order chi connectivity index (χ0) is 11.5. The average molecular weight is 241 g/mol. The molecule has 0 radical (unpaired) electrons. The number of hydrogen-bond donors (Lipinski definition) is 1. The van der Waals surface area contributed by atoms with Crippen LogP contribution in [0.25, 0.3) is 0 Å². The number of nitrogens with zero attached hydrogens (tertiary/aromatic N) is 1. The number of nitrogens with two attached hydrogens (primary N) is 1. The van der Waals surface area contributed by atoms with Crippen molar-refractivity contribution in [1.29, 1.82) is 0 Å². The number of hydrogen-bond acceptors (Lipinski definition) is 3. The fourth-order valence-corrected chi connectivity index (χ4v) is 1.90. The highest BCUT2D eigenvalue weighted by atomic mass is 35.5. The zero-order valence-corrected chi connectivity index (χ0v) is 9.48. The van der Waals surface area contributed by atoms with E-state index in [0.717, 1.165) is 12.1 Å². The molecule has 1 amide bonds. The first-order chi connectivity index (χ1) is 7.72. The third-order valence-electron chi connectivity index (χ3n) is 2.62. The monoisotopic (exact) mass is 240 g/mol. The van der Waals surface area contributed by atoms with Crippen molar-refractivity contribution in [3.63, 3.8) is 0 Å². The maximum absolute atomic E-state index is 11.7. The smallest absolute Gasteiger partial charge is 0.414 e. The molecule has 1 unspecified atom stereocenters. The number of amides is 1. The fraction of sp³-hybridized carbons (Fsp3) is 0.364. The van der Waals surface area contributed by atoms with Gasteiger partial charge in [0.2, 0.25) is 0 Å². The third-order valence-corrected chi connectivity index (χ3v) is 2.87. The number of benzene rings is 1. The second kappa shape index (κ2) is 4.72. The third kappa shape index (κ3) is 2.13. The number of halogens is 1. The second-order valence-corrected chi connectivity index (χ2v) is 4.08. The number of rotatable bonds is 2. The molecule has 4 nitrogen and oxygen atoms in total. The first-order valence-electron chi connectivity index (χ1n) is 5.14. The Bertz CT molecular complexity index is 380. The quantitative estimate of drug-likeness (QED) is 0.861. The van der Waals surface area contributed by atoms with Gasteiger partial charge in [0.15, 0.2) is 0 Å². The summed E-state index contributed by atoms with van der Waals surface area (Å²) in [5.41, 5.74) is 6.42. The number of ether oxygens (including phenoxy) is 1. The molecule has 1 atom stereocenters. The van der Waals surface area contributed by atoms with Crippen molar-refractivity contribution in [1.82, 2.24) is 0 Å². The molecule has 0 saturated carbocycles. The molecule has 86 valence electrons. The Balaban J connectivity index is 2.28. The van der Waals surface area contributed by atoms with Crippen LogP contribution in [0.1, 0.15) is 6.42 Å². The van der Waals surface area contributed by atoms with E-state index in [1.54, 1.807) is 29.2 Å². The van der Waals surface area contributed by atoms with Gasteiger partial charge in [0.1, 0.15) is 0 Å². The zero-order valence-electron chi connectivity index (χ0n) is 8.73. The van der Waals surface area contributed by atoms with Crippen LogP contribution in [-0.4, -0.2) is 25.3 Å². The summed E-state index contributed by atoms with van der Waals surface area (Å²) in [4.78, 5) is 13.2. The molecule has 1 fully saturated rings. The summed E-state index contributed by atoms with van der Waals surface area (Å²) in [6.07, 6.45) is 0.411. The first-order valence-corrected chi connectivity index (χ1v) is 5.52. The van der Waals surface area contributed by atoms with Crippen LogP contribution in [0.2, 0.25) is 5.02 Å². The summed E-state index contributed by atoms with van der Waals surface area (Å²) in [7, 11) is 0. The lowest BCUT2D eigenvalue weighted by atomic mass is 10.1. The molecule has 1 aromatic rings. The molecule has 0 spiro atoms. The van der Waals surface area contributed by atoms with Gasteiger partial charge in [-0.25, -0.2) is 4.79 Å². The van der Waals surface area contributed by atoms with Gasteiger partial charge in [0.25, 0.3) is 0 Å². The van der Waals surface area contributed by atoms with Crippen LogP contribution in [0, 0.1) is 0 Å². The number of carbonyl (C=O) groups excluding carboxylic acids is 1. The summed E-state index contributed by atoms with van der Waals surface area (Å²) >= 11 is 5.80. The van der Waals surface area contributed by atoms with Crippen molar-refractivity contribution in [2.45, 2.75) is 12.5 Å². The molecular formula is C11H13ClN2O2. The Hall–Kier alpha value is -1.26. The highest BCUT2D eigenvalue weighted by Crippen LogP contribution is 2.24. The number of cyclic esters (lactones) is 1. The van der Waals surface area contributed by atoms with Gasteiger partial charge in [-0.05, 0) is 24.3 Å². The Morgan fingerprint density at radius 1 is 1.44 bits per heavy atom.